The molecule has 1 heterocycles. The molecule has 5 N–H and O–H groups in total. The van der Waals surface area contributed by atoms with Gasteiger partial charge in [-0.05, 0) is 12.3 Å². The molecular formula is C13H20N2O6. The van der Waals surface area contributed by atoms with Gasteiger partial charge in [0.25, 0.3) is 0 Å². The molecular weight excluding hydrogens is 280 g/mol. The van der Waals surface area contributed by atoms with Gasteiger partial charge < -0.3 is 25.5 Å². The fourth-order valence-electron chi connectivity index (χ4n) is 1.70. The van der Waals surface area contributed by atoms with Crippen LogP contribution in [0.1, 0.15) is 23.1 Å². The van der Waals surface area contributed by atoms with Crippen LogP contribution in [0.3, 0.4) is 0 Å². The van der Waals surface area contributed by atoms with Crippen molar-refractivity contribution in [3.63, 3.8) is 0 Å². The van der Waals surface area contributed by atoms with Gasteiger partial charge >= 0.3 is 0 Å². The lowest BCUT2D eigenvalue weighted by molar-refractivity contribution is -0.00520. The van der Waals surface area contributed by atoms with Crippen LogP contribution in [-0.4, -0.2) is 72.8 Å². The Hall–Kier alpha value is -1.45. The zero-order chi connectivity index (χ0) is 16.0. The van der Waals surface area contributed by atoms with E-state index in [1.165, 1.54) is 6.20 Å². The van der Waals surface area contributed by atoms with Crippen molar-refractivity contribution in [3.05, 3.63) is 23.8 Å². The van der Waals surface area contributed by atoms with E-state index in [9.17, 15) is 20.1 Å². The first-order chi connectivity index (χ1) is 9.90. The van der Waals surface area contributed by atoms with Crippen LogP contribution in [0, 0.1) is 5.92 Å². The van der Waals surface area contributed by atoms with E-state index in [1.807, 2.05) is 0 Å². The first kappa shape index (κ1) is 17.6. The summed E-state index contributed by atoms with van der Waals surface area (Å²) in [4.78, 5) is 19.7. The van der Waals surface area contributed by atoms with Gasteiger partial charge in [0, 0.05) is 6.20 Å². The molecule has 0 amide bonds. The summed E-state index contributed by atoms with van der Waals surface area (Å²) in [5.41, 5.74) is 0.268. The lowest BCUT2D eigenvalue weighted by Gasteiger charge is -2.17. The summed E-state index contributed by atoms with van der Waals surface area (Å²) in [6.07, 6.45) is -1.43. The van der Waals surface area contributed by atoms with Crippen molar-refractivity contribution in [1.82, 2.24) is 9.97 Å². The SMILES string of the molecule is C[C@H](Cc1cncc(C(=O)[C@@H](O)[C@H](O)CO)n1)C(O)CO. The minimum absolute atomic E-state index is 0.141. The van der Waals surface area contributed by atoms with Gasteiger partial charge in [0.1, 0.15) is 17.9 Å². The van der Waals surface area contributed by atoms with Crippen LogP contribution in [-0.2, 0) is 6.42 Å². The van der Waals surface area contributed by atoms with Crippen LogP contribution in [0.25, 0.3) is 0 Å². The molecule has 0 radical (unpaired) electrons. The quantitative estimate of drug-likeness (QED) is 0.344. The topological polar surface area (TPSA) is 144 Å². The molecule has 0 spiro atoms. The number of aromatic nitrogens is 2. The highest BCUT2D eigenvalue weighted by Crippen LogP contribution is 2.11. The van der Waals surface area contributed by atoms with Gasteiger partial charge in [0.2, 0.25) is 5.78 Å². The molecule has 8 nitrogen and oxygen atoms in total. The number of ketones is 1. The average molecular weight is 300 g/mol. The molecule has 0 aliphatic heterocycles. The number of carbonyl (C=O) groups excluding carboxylic acids is 1. The number of aliphatic hydroxyl groups is 5. The largest absolute Gasteiger partial charge is 0.394 e. The lowest BCUT2D eigenvalue weighted by Crippen LogP contribution is -2.37. The Morgan fingerprint density at radius 1 is 1.14 bits per heavy atom. The minimum atomic E-state index is -1.78. The van der Waals surface area contributed by atoms with Gasteiger partial charge in [0.15, 0.2) is 0 Å². The molecule has 118 valence electrons. The number of rotatable bonds is 8. The van der Waals surface area contributed by atoms with Crippen molar-refractivity contribution in [2.24, 2.45) is 5.92 Å². The molecule has 1 rings (SSSR count). The molecule has 0 saturated carbocycles. The summed E-state index contributed by atoms with van der Waals surface area (Å²) in [5, 5.41) is 45.9. The van der Waals surface area contributed by atoms with E-state index in [-0.39, 0.29) is 24.6 Å². The molecule has 0 aliphatic rings. The van der Waals surface area contributed by atoms with Gasteiger partial charge in [0.05, 0.1) is 31.2 Å². The number of nitrogens with zero attached hydrogens (tertiary/aromatic N) is 2. The zero-order valence-electron chi connectivity index (χ0n) is 11.6. The smallest absolute Gasteiger partial charge is 0.213 e. The number of hydrogen-bond donors (Lipinski definition) is 5. The summed E-state index contributed by atoms with van der Waals surface area (Å²) in [7, 11) is 0. The van der Waals surface area contributed by atoms with Crippen molar-refractivity contribution in [1.29, 1.82) is 0 Å². The van der Waals surface area contributed by atoms with Crippen molar-refractivity contribution in [3.8, 4) is 0 Å². The Kier molecular flexibility index (Phi) is 6.79. The normalized spacial score (nSPS) is 17.0. The van der Waals surface area contributed by atoms with E-state index in [0.29, 0.717) is 5.69 Å². The van der Waals surface area contributed by atoms with E-state index in [1.54, 1.807) is 6.92 Å². The molecule has 1 aromatic rings. The molecule has 1 aromatic heterocycles. The Bertz CT molecular complexity index is 470. The Morgan fingerprint density at radius 2 is 1.76 bits per heavy atom. The van der Waals surface area contributed by atoms with Crippen LogP contribution in [0.5, 0.6) is 0 Å². The maximum atomic E-state index is 11.9. The van der Waals surface area contributed by atoms with Crippen molar-refractivity contribution >= 4 is 5.78 Å². The predicted octanol–water partition coefficient (Wildman–Crippen LogP) is -2.09. The first-order valence-corrected chi connectivity index (χ1v) is 6.51. The van der Waals surface area contributed by atoms with E-state index in [2.05, 4.69) is 9.97 Å². The first-order valence-electron chi connectivity index (χ1n) is 6.51. The highest BCUT2D eigenvalue weighted by Gasteiger charge is 2.26. The van der Waals surface area contributed by atoms with Crippen LogP contribution in [0.2, 0.25) is 0 Å². The van der Waals surface area contributed by atoms with E-state index < -0.39 is 30.7 Å². The second kappa shape index (κ2) is 8.11. The third-order valence-electron chi connectivity index (χ3n) is 3.13. The van der Waals surface area contributed by atoms with Crippen LogP contribution >= 0.6 is 0 Å². The minimum Gasteiger partial charge on any atom is -0.394 e. The molecule has 0 aromatic carbocycles. The Labute approximate surface area is 121 Å². The molecule has 1 unspecified atom stereocenters. The number of Topliss-reactive ketones (excluding diaryl/α,β-unsaturated/α-hetero) is 1. The monoisotopic (exact) mass is 300 g/mol. The maximum absolute atomic E-state index is 11.9. The third-order valence-corrected chi connectivity index (χ3v) is 3.13. The maximum Gasteiger partial charge on any atom is 0.213 e. The summed E-state index contributed by atoms with van der Waals surface area (Å²) in [6, 6.07) is 0. The summed E-state index contributed by atoms with van der Waals surface area (Å²) in [5.74, 6) is -1.14. The van der Waals surface area contributed by atoms with E-state index in [4.69, 9.17) is 10.2 Å². The lowest BCUT2D eigenvalue weighted by atomic mass is 9.99. The van der Waals surface area contributed by atoms with Crippen molar-refractivity contribution in [2.75, 3.05) is 13.2 Å². The van der Waals surface area contributed by atoms with Crippen LogP contribution < -0.4 is 0 Å². The molecule has 0 saturated heterocycles. The fraction of sp³-hybridized carbons (Fsp3) is 0.615. The zero-order valence-corrected chi connectivity index (χ0v) is 11.6. The molecule has 4 atom stereocenters. The fourth-order valence-corrected chi connectivity index (χ4v) is 1.70. The van der Waals surface area contributed by atoms with Crippen molar-refractivity contribution < 1.29 is 30.3 Å². The summed E-state index contributed by atoms with van der Waals surface area (Å²) < 4.78 is 0. The molecule has 8 heteroatoms. The van der Waals surface area contributed by atoms with E-state index >= 15 is 0 Å². The van der Waals surface area contributed by atoms with Gasteiger partial charge in [-0.15, -0.1) is 0 Å². The highest BCUT2D eigenvalue weighted by molar-refractivity contribution is 5.97. The van der Waals surface area contributed by atoms with Gasteiger partial charge in [-0.1, -0.05) is 6.92 Å². The van der Waals surface area contributed by atoms with Gasteiger partial charge in [-0.2, -0.15) is 0 Å². The summed E-state index contributed by atoms with van der Waals surface area (Å²) >= 11 is 0. The molecule has 0 aliphatic carbocycles. The highest BCUT2D eigenvalue weighted by atomic mass is 16.4. The van der Waals surface area contributed by atoms with Crippen molar-refractivity contribution in [2.45, 2.75) is 31.7 Å². The second-order valence-corrected chi connectivity index (χ2v) is 4.89. The Balaban J connectivity index is 2.83. The molecule has 0 bridgehead atoms. The van der Waals surface area contributed by atoms with Crippen LogP contribution in [0.15, 0.2) is 12.4 Å². The average Bonchev–Trinajstić information content (AvgIpc) is 2.51. The van der Waals surface area contributed by atoms with Crippen LogP contribution in [0.4, 0.5) is 0 Å². The van der Waals surface area contributed by atoms with Gasteiger partial charge in [-0.25, -0.2) is 4.98 Å². The standard InChI is InChI=1S/C13H20N2O6/c1-7(10(18)5-16)2-8-3-14-4-9(15-8)12(20)13(21)11(19)6-17/h3-4,7,10-11,13,16-19,21H,2,5-6H2,1H3/t7-,10?,11-,13+/m1/s1. The predicted molar refractivity (Wildman–Crippen MR) is 71.4 cm³/mol. The van der Waals surface area contributed by atoms with Gasteiger partial charge in [-0.3, -0.25) is 9.78 Å². The Morgan fingerprint density at radius 3 is 2.33 bits per heavy atom. The second-order valence-electron chi connectivity index (χ2n) is 4.89. The number of hydrogen-bond acceptors (Lipinski definition) is 8. The molecule has 21 heavy (non-hydrogen) atoms. The third kappa shape index (κ3) is 4.80. The number of carbonyl (C=O) groups is 1. The summed E-state index contributed by atoms with van der Waals surface area (Å²) in [6.45, 7) is 0.579. The molecule has 0 fully saturated rings. The van der Waals surface area contributed by atoms with E-state index in [0.717, 1.165) is 6.20 Å². The number of aliphatic hydroxyl groups excluding tert-OH is 5.